The molecular formula is C30H28F3N3O4S. The SMILES string of the molecule is Cc1sc(Cc2ccc3c(c2)OCO3)nc1-c1ccc2c(c1)CCN2C.NC=O.O=Cc1ccccc1C(F)(F)F. The van der Waals surface area contributed by atoms with Crippen LogP contribution in [0.5, 0.6) is 11.5 Å². The number of thiazole rings is 1. The summed E-state index contributed by atoms with van der Waals surface area (Å²) in [5.41, 5.74) is 9.26. The Kier molecular flexibility index (Phi) is 9.28. The predicted octanol–water partition coefficient (Wildman–Crippen LogP) is 6.05. The Hall–Kier alpha value is -4.38. The van der Waals surface area contributed by atoms with E-state index < -0.39 is 11.7 Å². The van der Waals surface area contributed by atoms with Gasteiger partial charge in [0.2, 0.25) is 13.2 Å². The number of carbonyl (C=O) groups is 2. The number of primary amides is 1. The number of aryl methyl sites for hydroxylation is 1. The number of nitrogens with zero attached hydrogens (tertiary/aromatic N) is 2. The van der Waals surface area contributed by atoms with E-state index in [9.17, 15) is 18.0 Å². The number of rotatable bonds is 4. The van der Waals surface area contributed by atoms with Crippen molar-refractivity contribution in [2.45, 2.75) is 25.9 Å². The fourth-order valence-electron chi connectivity index (χ4n) is 4.59. The van der Waals surface area contributed by atoms with Crippen molar-refractivity contribution in [1.29, 1.82) is 0 Å². The van der Waals surface area contributed by atoms with E-state index in [1.54, 1.807) is 11.3 Å². The number of amides is 1. The molecule has 3 heterocycles. The molecule has 0 spiro atoms. The van der Waals surface area contributed by atoms with Crippen molar-refractivity contribution in [1.82, 2.24) is 4.98 Å². The molecule has 0 radical (unpaired) electrons. The van der Waals surface area contributed by atoms with Crippen LogP contribution in [0, 0.1) is 6.92 Å². The Morgan fingerprint density at radius 1 is 1.05 bits per heavy atom. The Morgan fingerprint density at radius 2 is 1.78 bits per heavy atom. The Bertz CT molecular complexity index is 1540. The van der Waals surface area contributed by atoms with E-state index in [4.69, 9.17) is 19.3 Å². The monoisotopic (exact) mass is 583 g/mol. The van der Waals surface area contributed by atoms with Crippen LogP contribution in [0.3, 0.4) is 0 Å². The van der Waals surface area contributed by atoms with Gasteiger partial charge in [-0.15, -0.1) is 11.3 Å². The van der Waals surface area contributed by atoms with Gasteiger partial charge in [-0.3, -0.25) is 9.59 Å². The maximum atomic E-state index is 12.1. The number of nitrogens with two attached hydrogens (primary N) is 1. The van der Waals surface area contributed by atoms with Gasteiger partial charge in [-0.05, 0) is 54.8 Å². The summed E-state index contributed by atoms with van der Waals surface area (Å²) < 4.78 is 47.1. The van der Waals surface area contributed by atoms with Gasteiger partial charge in [0.05, 0.1) is 16.3 Å². The first-order chi connectivity index (χ1) is 19.6. The number of aromatic nitrogens is 1. The quantitative estimate of drug-likeness (QED) is 0.294. The number of hydrogen-bond donors (Lipinski definition) is 1. The van der Waals surface area contributed by atoms with Crippen molar-refractivity contribution in [3.8, 4) is 22.8 Å². The van der Waals surface area contributed by atoms with Gasteiger partial charge in [0, 0.05) is 41.7 Å². The summed E-state index contributed by atoms with van der Waals surface area (Å²) in [7, 11) is 2.16. The van der Waals surface area contributed by atoms with Gasteiger partial charge in [-0.25, -0.2) is 4.98 Å². The van der Waals surface area contributed by atoms with E-state index in [0.29, 0.717) is 6.79 Å². The van der Waals surface area contributed by atoms with Crippen LogP contribution in [-0.2, 0) is 23.8 Å². The zero-order valence-electron chi connectivity index (χ0n) is 22.4. The summed E-state index contributed by atoms with van der Waals surface area (Å²) in [5, 5.41) is 1.13. The highest BCUT2D eigenvalue weighted by molar-refractivity contribution is 7.12. The lowest BCUT2D eigenvalue weighted by atomic mass is 10.1. The number of ether oxygens (including phenoxy) is 2. The molecule has 0 fully saturated rings. The van der Waals surface area contributed by atoms with E-state index in [-0.39, 0.29) is 18.3 Å². The third kappa shape index (κ3) is 7.04. The van der Waals surface area contributed by atoms with Crippen molar-refractivity contribution in [2.75, 3.05) is 25.3 Å². The van der Waals surface area contributed by atoms with E-state index in [2.05, 4.69) is 54.9 Å². The first-order valence-corrected chi connectivity index (χ1v) is 13.4. The van der Waals surface area contributed by atoms with Gasteiger partial charge >= 0.3 is 6.18 Å². The van der Waals surface area contributed by atoms with Crippen LogP contribution in [0.2, 0.25) is 0 Å². The number of carbonyl (C=O) groups excluding carboxylic acids is 2. The zero-order valence-corrected chi connectivity index (χ0v) is 23.2. The van der Waals surface area contributed by atoms with Crippen LogP contribution in [-0.4, -0.2) is 38.1 Å². The smallest absolute Gasteiger partial charge is 0.417 e. The van der Waals surface area contributed by atoms with E-state index in [1.165, 1.54) is 39.4 Å². The molecule has 6 rings (SSSR count). The van der Waals surface area contributed by atoms with Crippen molar-refractivity contribution in [2.24, 2.45) is 5.73 Å². The summed E-state index contributed by atoms with van der Waals surface area (Å²) in [6, 6.07) is 17.5. The van der Waals surface area contributed by atoms with E-state index in [1.807, 2.05) is 6.07 Å². The molecule has 0 saturated heterocycles. The molecule has 1 amide bonds. The molecule has 0 atom stereocenters. The molecule has 0 aliphatic carbocycles. The summed E-state index contributed by atoms with van der Waals surface area (Å²) in [6.45, 7) is 3.58. The number of halogens is 3. The molecule has 1 aromatic heterocycles. The molecule has 4 aromatic rings. The molecule has 41 heavy (non-hydrogen) atoms. The fourth-order valence-corrected chi connectivity index (χ4v) is 5.58. The molecule has 0 unspecified atom stereocenters. The highest BCUT2D eigenvalue weighted by atomic mass is 32.1. The molecule has 11 heteroatoms. The summed E-state index contributed by atoms with van der Waals surface area (Å²) in [6.07, 6.45) is -2.07. The molecular weight excluding hydrogens is 555 g/mol. The molecule has 2 aliphatic rings. The average Bonchev–Trinajstić information content (AvgIpc) is 3.67. The second-order valence-corrected chi connectivity index (χ2v) is 10.5. The minimum Gasteiger partial charge on any atom is -0.454 e. The maximum Gasteiger partial charge on any atom is 0.417 e. The standard InChI is InChI=1S/C21H20N2O2S.C8H5F3O.CH3NO/c1-13-21(16-4-5-17-15(11-16)7-8-23(17)2)22-20(26-13)10-14-3-6-18-19(9-14)25-12-24-18;9-8(10,11)7-4-2-1-3-6(7)5-12;2-1-3/h3-6,9,11H,7-8,10,12H2,1-2H3;1-5H;1H,(H2,2,3). The molecule has 2 aliphatic heterocycles. The first-order valence-electron chi connectivity index (χ1n) is 12.6. The molecule has 214 valence electrons. The van der Waals surface area contributed by atoms with Crippen molar-refractivity contribution in [3.05, 3.63) is 92.8 Å². The highest BCUT2D eigenvalue weighted by Crippen LogP contribution is 2.36. The fraction of sp³-hybridized carbons (Fsp3) is 0.233. The molecule has 2 N–H and O–H groups in total. The lowest BCUT2D eigenvalue weighted by Crippen LogP contribution is -2.12. The van der Waals surface area contributed by atoms with Gasteiger partial charge in [0.25, 0.3) is 0 Å². The Labute approximate surface area is 239 Å². The number of anilines is 1. The topological polar surface area (TPSA) is 94.8 Å². The third-order valence-electron chi connectivity index (χ3n) is 6.51. The van der Waals surface area contributed by atoms with E-state index in [0.717, 1.165) is 53.7 Å². The third-order valence-corrected chi connectivity index (χ3v) is 7.48. The number of likely N-dealkylation sites (N-methyl/N-ethyl adjacent to an activating group) is 1. The lowest BCUT2D eigenvalue weighted by molar-refractivity contribution is -0.137. The van der Waals surface area contributed by atoms with Crippen LogP contribution >= 0.6 is 11.3 Å². The van der Waals surface area contributed by atoms with Gasteiger partial charge in [-0.2, -0.15) is 13.2 Å². The first kappa shape index (κ1) is 29.6. The molecule has 0 bridgehead atoms. The largest absolute Gasteiger partial charge is 0.454 e. The van der Waals surface area contributed by atoms with Crippen LogP contribution in [0.15, 0.2) is 60.7 Å². The van der Waals surface area contributed by atoms with Crippen molar-refractivity contribution >= 4 is 29.7 Å². The van der Waals surface area contributed by atoms with E-state index >= 15 is 0 Å². The molecule has 0 saturated carbocycles. The number of aldehydes is 1. The minimum absolute atomic E-state index is 0.197. The van der Waals surface area contributed by atoms with Gasteiger partial charge in [0.15, 0.2) is 17.8 Å². The van der Waals surface area contributed by atoms with Gasteiger partial charge < -0.3 is 20.1 Å². The van der Waals surface area contributed by atoms with Crippen LogP contribution in [0.25, 0.3) is 11.3 Å². The number of fused-ring (bicyclic) bond motifs is 2. The number of alkyl halides is 3. The van der Waals surface area contributed by atoms with Crippen LogP contribution in [0.4, 0.5) is 18.9 Å². The number of hydrogen-bond acceptors (Lipinski definition) is 7. The summed E-state index contributed by atoms with van der Waals surface area (Å²) in [4.78, 5) is 27.3. The Morgan fingerprint density at radius 3 is 2.49 bits per heavy atom. The van der Waals surface area contributed by atoms with Crippen molar-refractivity contribution in [3.63, 3.8) is 0 Å². The second-order valence-electron chi connectivity index (χ2n) is 9.23. The van der Waals surface area contributed by atoms with Crippen LogP contribution < -0.4 is 20.1 Å². The second kappa shape index (κ2) is 12.9. The normalized spacial score (nSPS) is 13.0. The summed E-state index contributed by atoms with van der Waals surface area (Å²) in [5.74, 6) is 1.66. The lowest BCUT2D eigenvalue weighted by Gasteiger charge is -2.11. The predicted molar refractivity (Wildman–Crippen MR) is 152 cm³/mol. The average molecular weight is 584 g/mol. The minimum atomic E-state index is -4.45. The number of benzene rings is 3. The zero-order chi connectivity index (χ0) is 29.6. The van der Waals surface area contributed by atoms with Crippen LogP contribution in [0.1, 0.15) is 36.9 Å². The van der Waals surface area contributed by atoms with Gasteiger partial charge in [0.1, 0.15) is 0 Å². The summed E-state index contributed by atoms with van der Waals surface area (Å²) >= 11 is 1.78. The highest BCUT2D eigenvalue weighted by Gasteiger charge is 2.32. The molecule has 3 aromatic carbocycles. The molecule has 7 nitrogen and oxygen atoms in total. The van der Waals surface area contributed by atoms with Crippen molar-refractivity contribution < 1.29 is 32.2 Å². The Balaban J connectivity index is 0.000000217. The van der Waals surface area contributed by atoms with Gasteiger partial charge in [-0.1, -0.05) is 30.3 Å². The maximum absolute atomic E-state index is 12.1.